The van der Waals surface area contributed by atoms with Crippen LogP contribution < -0.4 is 20.7 Å². The largest absolute Gasteiger partial charge is 0.496 e. The van der Waals surface area contributed by atoms with Gasteiger partial charge in [0, 0.05) is 5.56 Å². The van der Waals surface area contributed by atoms with Gasteiger partial charge in [0.1, 0.15) is 28.9 Å². The first kappa shape index (κ1) is 19.8. The molecular weight excluding hydrogens is 395 g/mol. The van der Waals surface area contributed by atoms with Crippen molar-refractivity contribution >= 4 is 29.3 Å². The molecule has 5 rings (SSSR count). The zero-order chi connectivity index (χ0) is 21.1. The van der Waals surface area contributed by atoms with E-state index in [4.69, 9.17) is 4.74 Å². The zero-order valence-corrected chi connectivity index (χ0v) is 18.6. The first-order valence-electron chi connectivity index (χ1n) is 10.7. The van der Waals surface area contributed by atoms with Crippen LogP contribution in [0.5, 0.6) is 5.75 Å². The average molecular weight is 422 g/mol. The van der Waals surface area contributed by atoms with Crippen LogP contribution in [0.15, 0.2) is 109 Å². The quantitative estimate of drug-likeness (QED) is 0.360. The molecule has 4 aromatic rings. The van der Waals surface area contributed by atoms with Crippen molar-refractivity contribution < 1.29 is 4.74 Å². The maximum absolute atomic E-state index is 5.79. The van der Waals surface area contributed by atoms with Gasteiger partial charge in [0.15, 0.2) is 0 Å². The molecule has 0 fully saturated rings. The Morgan fingerprint density at radius 3 is 1.71 bits per heavy atom. The highest BCUT2D eigenvalue weighted by molar-refractivity contribution is 7.95. The third-order valence-corrected chi connectivity index (χ3v) is 10.5. The Balaban J connectivity index is 1.75. The number of hydrogen-bond acceptors (Lipinski definition) is 1. The Bertz CT molecular complexity index is 1100. The molecule has 0 saturated carbocycles. The molecule has 0 aliphatic heterocycles. The topological polar surface area (TPSA) is 9.23 Å². The van der Waals surface area contributed by atoms with Crippen LogP contribution in [0.4, 0.5) is 0 Å². The van der Waals surface area contributed by atoms with Crippen molar-refractivity contribution in [3.05, 3.63) is 126 Å². The molecule has 1 aliphatic carbocycles. The predicted octanol–water partition coefficient (Wildman–Crippen LogP) is 5.76. The Morgan fingerprint density at radius 2 is 1.23 bits per heavy atom. The maximum atomic E-state index is 5.79. The number of fused-ring (bicyclic) bond motifs is 1. The summed E-state index contributed by atoms with van der Waals surface area (Å²) in [5, 5.41) is 4.22. The molecule has 0 N–H and O–H groups in total. The van der Waals surface area contributed by atoms with E-state index in [9.17, 15) is 0 Å². The summed E-state index contributed by atoms with van der Waals surface area (Å²) in [6.07, 6.45) is 6.36. The highest BCUT2D eigenvalue weighted by Gasteiger charge is 2.45. The Morgan fingerprint density at radius 1 is 0.710 bits per heavy atom. The lowest BCUT2D eigenvalue weighted by molar-refractivity contribution is 0.413. The van der Waals surface area contributed by atoms with Gasteiger partial charge in [-0.1, -0.05) is 72.8 Å². The molecule has 0 atom stereocenters. The fraction of sp³-hybridized carbons (Fsp3) is 0.103. The normalized spacial score (nSPS) is 12.5. The van der Waals surface area contributed by atoms with E-state index in [1.165, 1.54) is 32.6 Å². The van der Waals surface area contributed by atoms with Crippen LogP contribution in [-0.2, 0) is 12.6 Å². The number of allylic oxidation sites excluding steroid dienone is 1. The monoisotopic (exact) mass is 421 g/mol. The molecule has 4 aromatic carbocycles. The Hall–Kier alpha value is -3.15. The number of hydrogen-bond donors (Lipinski definition) is 0. The van der Waals surface area contributed by atoms with Crippen LogP contribution in [0.1, 0.15) is 16.7 Å². The van der Waals surface area contributed by atoms with Crippen molar-refractivity contribution in [2.75, 3.05) is 7.11 Å². The highest BCUT2D eigenvalue weighted by atomic mass is 31.2. The van der Waals surface area contributed by atoms with Crippen LogP contribution >= 0.6 is 7.26 Å². The van der Waals surface area contributed by atoms with E-state index in [0.29, 0.717) is 0 Å². The molecule has 1 aliphatic rings. The molecule has 0 saturated heterocycles. The van der Waals surface area contributed by atoms with Gasteiger partial charge in [0.25, 0.3) is 0 Å². The summed E-state index contributed by atoms with van der Waals surface area (Å²) in [4.78, 5) is 0. The second-order valence-electron chi connectivity index (χ2n) is 7.95. The van der Waals surface area contributed by atoms with Crippen LogP contribution in [-0.4, -0.2) is 7.11 Å². The summed E-state index contributed by atoms with van der Waals surface area (Å²) in [5.41, 5.74) is 3.93. The first-order chi connectivity index (χ1) is 15.3. The lowest BCUT2D eigenvalue weighted by Gasteiger charge is -2.28. The van der Waals surface area contributed by atoms with Gasteiger partial charge in [-0.2, -0.15) is 0 Å². The molecule has 1 nitrogen and oxygen atoms in total. The fourth-order valence-electron chi connectivity index (χ4n) is 4.71. The van der Waals surface area contributed by atoms with Gasteiger partial charge in [-0.05, 0) is 60.0 Å². The van der Waals surface area contributed by atoms with Gasteiger partial charge < -0.3 is 4.74 Å². The summed E-state index contributed by atoms with van der Waals surface area (Å²) >= 11 is 0. The van der Waals surface area contributed by atoms with Crippen molar-refractivity contribution in [3.8, 4) is 5.75 Å². The number of rotatable bonds is 6. The Labute approximate surface area is 185 Å². The van der Waals surface area contributed by atoms with Gasteiger partial charge in [0.2, 0.25) is 0 Å². The van der Waals surface area contributed by atoms with Crippen molar-refractivity contribution in [2.45, 2.75) is 12.6 Å². The molecule has 0 unspecified atom stereocenters. The van der Waals surface area contributed by atoms with E-state index in [2.05, 4.69) is 115 Å². The standard InChI is InChI=1S/C29H26OP/c1-30-29-21-23(20-24-12-11-19-28(24)29)22-31(25-13-5-2-6-14-25,26-15-7-3-8-16-26)27-17-9-4-10-18-27/h2-11,13-21H,12,22H2,1H3/q+1. The number of ether oxygens (including phenoxy) is 1. The zero-order valence-electron chi connectivity index (χ0n) is 17.7. The molecule has 0 bridgehead atoms. The molecule has 0 spiro atoms. The van der Waals surface area contributed by atoms with Crippen LogP contribution in [0.3, 0.4) is 0 Å². The first-order valence-corrected chi connectivity index (χ1v) is 12.7. The van der Waals surface area contributed by atoms with E-state index < -0.39 is 7.26 Å². The molecule has 152 valence electrons. The van der Waals surface area contributed by atoms with Crippen LogP contribution in [0, 0.1) is 0 Å². The summed E-state index contributed by atoms with van der Waals surface area (Å²) < 4.78 is 5.79. The fourth-order valence-corrected chi connectivity index (χ4v) is 8.93. The molecule has 0 aromatic heterocycles. The minimum Gasteiger partial charge on any atom is -0.496 e. The lowest BCUT2D eigenvalue weighted by atomic mass is 10.1. The molecular formula is C29H26OP+. The van der Waals surface area contributed by atoms with Gasteiger partial charge in [0.05, 0.1) is 13.3 Å². The molecule has 31 heavy (non-hydrogen) atoms. The summed E-state index contributed by atoms with van der Waals surface area (Å²) in [6.45, 7) is 0. The molecule has 0 amide bonds. The minimum atomic E-state index is -1.91. The second-order valence-corrected chi connectivity index (χ2v) is 11.4. The van der Waals surface area contributed by atoms with E-state index >= 15 is 0 Å². The summed E-state index contributed by atoms with van der Waals surface area (Å²) in [6, 6.07) is 37.8. The maximum Gasteiger partial charge on any atom is 0.126 e. The third kappa shape index (κ3) is 3.60. The number of benzene rings is 4. The Kier molecular flexibility index (Phi) is 5.45. The van der Waals surface area contributed by atoms with Crippen molar-refractivity contribution in [1.82, 2.24) is 0 Å². The third-order valence-electron chi connectivity index (χ3n) is 6.14. The van der Waals surface area contributed by atoms with Gasteiger partial charge in [-0.3, -0.25) is 0 Å². The SMILES string of the molecule is COc1cc(C[P+](c2ccccc2)(c2ccccc2)c2ccccc2)cc2c1C=CC2. The lowest BCUT2D eigenvalue weighted by Crippen LogP contribution is -2.32. The van der Waals surface area contributed by atoms with E-state index in [1.54, 1.807) is 7.11 Å². The molecule has 0 heterocycles. The second kappa shape index (κ2) is 8.53. The summed E-state index contributed by atoms with van der Waals surface area (Å²) in [7, 11) is -0.129. The van der Waals surface area contributed by atoms with Gasteiger partial charge in [-0.15, -0.1) is 0 Å². The smallest absolute Gasteiger partial charge is 0.126 e. The minimum absolute atomic E-state index is 0.967. The average Bonchev–Trinajstić information content (AvgIpc) is 3.32. The van der Waals surface area contributed by atoms with E-state index in [-0.39, 0.29) is 0 Å². The summed E-state index contributed by atoms with van der Waals surface area (Å²) in [5.74, 6) is 0.980. The van der Waals surface area contributed by atoms with E-state index in [0.717, 1.165) is 18.3 Å². The van der Waals surface area contributed by atoms with Crippen LogP contribution in [0.25, 0.3) is 6.08 Å². The molecule has 2 heteroatoms. The van der Waals surface area contributed by atoms with Crippen LogP contribution in [0.2, 0.25) is 0 Å². The van der Waals surface area contributed by atoms with Crippen molar-refractivity contribution in [2.24, 2.45) is 0 Å². The van der Waals surface area contributed by atoms with Crippen molar-refractivity contribution in [1.29, 1.82) is 0 Å². The molecule has 0 radical (unpaired) electrons. The van der Waals surface area contributed by atoms with Crippen molar-refractivity contribution in [3.63, 3.8) is 0 Å². The van der Waals surface area contributed by atoms with E-state index in [1.807, 2.05) is 0 Å². The number of methoxy groups -OCH3 is 1. The predicted molar refractivity (Wildman–Crippen MR) is 135 cm³/mol. The highest BCUT2D eigenvalue weighted by Crippen LogP contribution is 2.58. The van der Waals surface area contributed by atoms with Gasteiger partial charge >= 0.3 is 0 Å². The van der Waals surface area contributed by atoms with Gasteiger partial charge in [-0.25, -0.2) is 0 Å².